The maximum absolute atomic E-state index is 11.6. The van der Waals surface area contributed by atoms with E-state index in [1.54, 1.807) is 43.4 Å². The summed E-state index contributed by atoms with van der Waals surface area (Å²) in [6.07, 6.45) is 11.8. The highest BCUT2D eigenvalue weighted by Gasteiger charge is 2.13. The van der Waals surface area contributed by atoms with Gasteiger partial charge in [0.1, 0.15) is 0 Å². The molecule has 0 atom stereocenters. The first kappa shape index (κ1) is 16.6. The third-order valence-corrected chi connectivity index (χ3v) is 2.07. The van der Waals surface area contributed by atoms with Gasteiger partial charge in [0, 0.05) is 11.4 Å². The summed E-state index contributed by atoms with van der Waals surface area (Å²) < 4.78 is 0. The number of rotatable bonds is 5. The van der Waals surface area contributed by atoms with E-state index in [0.29, 0.717) is 11.4 Å². The molecule has 0 spiro atoms. The molecule has 0 aromatic carbocycles. The van der Waals surface area contributed by atoms with Crippen LogP contribution in [0.2, 0.25) is 0 Å². The van der Waals surface area contributed by atoms with Gasteiger partial charge in [-0.3, -0.25) is 9.59 Å². The average Bonchev–Trinajstić information content (AvgIpc) is 2.42. The van der Waals surface area contributed by atoms with Crippen LogP contribution in [0.3, 0.4) is 0 Å². The van der Waals surface area contributed by atoms with Gasteiger partial charge in [0.2, 0.25) is 0 Å². The zero-order valence-electron chi connectivity index (χ0n) is 11.6. The molecule has 0 bridgehead atoms. The SMILES string of the molecule is C=C/C(=C\C=C/C)NC(=O)C(=O)NC(/C=C\C)=C/C. The highest BCUT2D eigenvalue weighted by molar-refractivity contribution is 6.36. The lowest BCUT2D eigenvalue weighted by Gasteiger charge is -2.07. The van der Waals surface area contributed by atoms with E-state index < -0.39 is 11.8 Å². The van der Waals surface area contributed by atoms with Crippen LogP contribution in [0.5, 0.6) is 0 Å². The van der Waals surface area contributed by atoms with E-state index in [9.17, 15) is 9.59 Å². The fraction of sp³-hybridized carbons (Fsp3) is 0.200. The molecule has 2 amide bonds. The van der Waals surface area contributed by atoms with Crippen LogP contribution in [-0.2, 0) is 9.59 Å². The van der Waals surface area contributed by atoms with Gasteiger partial charge in [0.15, 0.2) is 0 Å². The number of hydrogen-bond acceptors (Lipinski definition) is 2. The van der Waals surface area contributed by atoms with Gasteiger partial charge in [-0.2, -0.15) is 0 Å². The van der Waals surface area contributed by atoms with Gasteiger partial charge in [-0.15, -0.1) is 0 Å². The molecule has 0 aromatic heterocycles. The lowest BCUT2D eigenvalue weighted by Crippen LogP contribution is -2.38. The first-order valence-corrected chi connectivity index (χ1v) is 5.95. The van der Waals surface area contributed by atoms with E-state index in [-0.39, 0.29) is 0 Å². The molecule has 4 nitrogen and oxygen atoms in total. The maximum Gasteiger partial charge on any atom is 0.314 e. The number of amides is 2. The van der Waals surface area contributed by atoms with Crippen molar-refractivity contribution in [3.8, 4) is 0 Å². The Labute approximate surface area is 114 Å². The van der Waals surface area contributed by atoms with Crippen molar-refractivity contribution < 1.29 is 9.59 Å². The third kappa shape index (κ3) is 6.83. The first-order chi connectivity index (χ1) is 9.08. The Bertz CT molecular complexity index is 455. The molecule has 4 heteroatoms. The summed E-state index contributed by atoms with van der Waals surface area (Å²) in [4.78, 5) is 23.3. The molecule has 0 saturated carbocycles. The Hall–Kier alpha value is -2.36. The topological polar surface area (TPSA) is 58.2 Å². The molecular formula is C15H20N2O2. The van der Waals surface area contributed by atoms with Crippen LogP contribution in [0.1, 0.15) is 20.8 Å². The monoisotopic (exact) mass is 260 g/mol. The Morgan fingerprint density at radius 3 is 1.95 bits per heavy atom. The largest absolute Gasteiger partial charge is 0.318 e. The van der Waals surface area contributed by atoms with Crippen LogP contribution in [0.15, 0.2) is 60.5 Å². The number of nitrogens with one attached hydrogen (secondary N) is 2. The average molecular weight is 260 g/mol. The standard InChI is InChI=1S/C15H20N2O2/c1-5-9-11-13(8-4)17-15(19)14(18)16-12(7-3)10-6-2/h5-11H,4H2,1-3H3,(H,16,18)(H,17,19)/b9-5-,10-6-,12-7+,13-11+. The lowest BCUT2D eigenvalue weighted by molar-refractivity contribution is -0.138. The molecule has 0 radical (unpaired) electrons. The zero-order chi connectivity index (χ0) is 14.7. The molecule has 0 fully saturated rings. The molecule has 102 valence electrons. The van der Waals surface area contributed by atoms with Crippen LogP contribution in [0, 0.1) is 0 Å². The molecule has 0 unspecified atom stereocenters. The molecule has 0 aromatic rings. The number of carbonyl (C=O) groups excluding carboxylic acids is 2. The summed E-state index contributed by atoms with van der Waals surface area (Å²) in [6.45, 7) is 9.01. The fourth-order valence-electron chi connectivity index (χ4n) is 1.13. The van der Waals surface area contributed by atoms with Gasteiger partial charge in [-0.1, -0.05) is 30.9 Å². The van der Waals surface area contributed by atoms with Crippen LogP contribution >= 0.6 is 0 Å². The van der Waals surface area contributed by atoms with E-state index in [0.717, 1.165) is 0 Å². The summed E-state index contributed by atoms with van der Waals surface area (Å²) in [7, 11) is 0. The van der Waals surface area contributed by atoms with Crippen LogP contribution in [-0.4, -0.2) is 11.8 Å². The first-order valence-electron chi connectivity index (χ1n) is 5.95. The van der Waals surface area contributed by atoms with Crippen molar-refractivity contribution in [3.63, 3.8) is 0 Å². The molecule has 19 heavy (non-hydrogen) atoms. The third-order valence-electron chi connectivity index (χ3n) is 2.07. The van der Waals surface area contributed by atoms with Crippen LogP contribution in [0.4, 0.5) is 0 Å². The Morgan fingerprint density at radius 1 is 0.947 bits per heavy atom. The number of allylic oxidation sites excluding steroid dienone is 7. The summed E-state index contributed by atoms with van der Waals surface area (Å²) in [5, 5.41) is 4.96. The van der Waals surface area contributed by atoms with Crippen molar-refractivity contribution in [2.75, 3.05) is 0 Å². The van der Waals surface area contributed by atoms with Crippen LogP contribution < -0.4 is 10.6 Å². The van der Waals surface area contributed by atoms with Crippen molar-refractivity contribution in [2.24, 2.45) is 0 Å². The zero-order valence-corrected chi connectivity index (χ0v) is 11.6. The summed E-state index contributed by atoms with van der Waals surface area (Å²) in [5.74, 6) is -1.46. The van der Waals surface area contributed by atoms with Crippen molar-refractivity contribution in [3.05, 3.63) is 60.5 Å². The Balaban J connectivity index is 4.66. The second-order valence-corrected chi connectivity index (χ2v) is 3.50. The molecular weight excluding hydrogens is 240 g/mol. The second kappa shape index (κ2) is 9.65. The van der Waals surface area contributed by atoms with Crippen molar-refractivity contribution in [1.29, 1.82) is 0 Å². The van der Waals surface area contributed by atoms with Crippen molar-refractivity contribution in [1.82, 2.24) is 10.6 Å². The fourth-order valence-corrected chi connectivity index (χ4v) is 1.13. The van der Waals surface area contributed by atoms with E-state index >= 15 is 0 Å². The van der Waals surface area contributed by atoms with Crippen LogP contribution in [0.25, 0.3) is 0 Å². The molecule has 0 aliphatic rings. The van der Waals surface area contributed by atoms with Gasteiger partial charge >= 0.3 is 11.8 Å². The molecule has 0 aliphatic heterocycles. The highest BCUT2D eigenvalue weighted by atomic mass is 16.2. The van der Waals surface area contributed by atoms with E-state index in [4.69, 9.17) is 0 Å². The molecule has 2 N–H and O–H groups in total. The second-order valence-electron chi connectivity index (χ2n) is 3.50. The van der Waals surface area contributed by atoms with E-state index in [1.165, 1.54) is 6.08 Å². The van der Waals surface area contributed by atoms with E-state index in [1.807, 2.05) is 13.8 Å². The van der Waals surface area contributed by atoms with Crippen molar-refractivity contribution in [2.45, 2.75) is 20.8 Å². The Kier molecular flexibility index (Phi) is 8.45. The molecule has 0 saturated heterocycles. The molecule has 0 heterocycles. The predicted octanol–water partition coefficient (Wildman–Crippen LogP) is 2.34. The minimum atomic E-state index is -0.737. The van der Waals surface area contributed by atoms with E-state index in [2.05, 4.69) is 17.2 Å². The van der Waals surface area contributed by atoms with Crippen molar-refractivity contribution >= 4 is 11.8 Å². The smallest absolute Gasteiger partial charge is 0.314 e. The van der Waals surface area contributed by atoms with Gasteiger partial charge in [-0.25, -0.2) is 0 Å². The normalized spacial score (nSPS) is 12.8. The highest BCUT2D eigenvalue weighted by Crippen LogP contribution is 1.94. The summed E-state index contributed by atoms with van der Waals surface area (Å²) >= 11 is 0. The summed E-state index contributed by atoms with van der Waals surface area (Å²) in [6, 6.07) is 0. The molecule has 0 aliphatic carbocycles. The number of carbonyl (C=O) groups is 2. The maximum atomic E-state index is 11.6. The van der Waals surface area contributed by atoms with Gasteiger partial charge in [0.05, 0.1) is 0 Å². The quantitative estimate of drug-likeness (QED) is 0.589. The lowest BCUT2D eigenvalue weighted by atomic mass is 10.3. The number of hydrogen-bond donors (Lipinski definition) is 2. The molecule has 0 rings (SSSR count). The summed E-state index contributed by atoms with van der Waals surface area (Å²) in [5.41, 5.74) is 1.03. The Morgan fingerprint density at radius 2 is 1.53 bits per heavy atom. The predicted molar refractivity (Wildman–Crippen MR) is 78.0 cm³/mol. The van der Waals surface area contributed by atoms with Gasteiger partial charge in [-0.05, 0) is 39.0 Å². The van der Waals surface area contributed by atoms with Gasteiger partial charge in [0.25, 0.3) is 0 Å². The van der Waals surface area contributed by atoms with Gasteiger partial charge < -0.3 is 10.6 Å². The minimum Gasteiger partial charge on any atom is -0.318 e. The minimum absolute atomic E-state index is 0.464.